The van der Waals surface area contributed by atoms with Crippen LogP contribution in [-0.4, -0.2) is 27.5 Å². The molecule has 0 bridgehead atoms. The van der Waals surface area contributed by atoms with Crippen molar-refractivity contribution < 1.29 is 14.3 Å². The zero-order valence-corrected chi connectivity index (χ0v) is 14.1. The number of rotatable bonds is 4. The fourth-order valence-corrected chi connectivity index (χ4v) is 2.58. The number of aromatic nitrogens is 2. The molecule has 0 aliphatic carbocycles. The van der Waals surface area contributed by atoms with E-state index in [0.717, 1.165) is 9.13 Å². The summed E-state index contributed by atoms with van der Waals surface area (Å²) in [6, 6.07) is 8.36. The Hall–Kier alpha value is -3.62. The van der Waals surface area contributed by atoms with Crippen LogP contribution in [0, 0.1) is 0 Å². The standard InChI is InChI=1S/C17H16N4O5/c1-20-14(18)12(15(23)21(2)17(20)25)19-11-10(8-26-16(11)24)13(22)9-6-4-3-5-7-9/h3-7,19H,8,18H2,1-2H3. The summed E-state index contributed by atoms with van der Waals surface area (Å²) in [6.45, 7) is -0.221. The molecule has 1 aliphatic heterocycles. The number of ether oxygens (including phenoxy) is 1. The van der Waals surface area contributed by atoms with E-state index >= 15 is 0 Å². The van der Waals surface area contributed by atoms with Crippen LogP contribution in [0.2, 0.25) is 0 Å². The van der Waals surface area contributed by atoms with Crippen LogP contribution in [0.25, 0.3) is 0 Å². The Morgan fingerprint density at radius 1 is 1.12 bits per heavy atom. The van der Waals surface area contributed by atoms with Crippen LogP contribution in [0.5, 0.6) is 0 Å². The van der Waals surface area contributed by atoms with Crippen molar-refractivity contribution in [1.82, 2.24) is 9.13 Å². The van der Waals surface area contributed by atoms with Crippen molar-refractivity contribution in [3.05, 3.63) is 68.0 Å². The van der Waals surface area contributed by atoms with Gasteiger partial charge in [0.05, 0.1) is 5.57 Å². The number of hydrogen-bond donors (Lipinski definition) is 2. The highest BCUT2D eigenvalue weighted by atomic mass is 16.5. The monoisotopic (exact) mass is 356 g/mol. The van der Waals surface area contributed by atoms with Crippen LogP contribution in [0.15, 0.2) is 51.2 Å². The molecular weight excluding hydrogens is 340 g/mol. The van der Waals surface area contributed by atoms with E-state index in [1.54, 1.807) is 30.3 Å². The van der Waals surface area contributed by atoms with Gasteiger partial charge in [-0.3, -0.25) is 18.7 Å². The van der Waals surface area contributed by atoms with Crippen molar-refractivity contribution in [2.24, 2.45) is 14.1 Å². The van der Waals surface area contributed by atoms with Gasteiger partial charge < -0.3 is 15.8 Å². The summed E-state index contributed by atoms with van der Waals surface area (Å²) in [5.41, 5.74) is 4.62. The Labute approximate surface area is 147 Å². The quantitative estimate of drug-likeness (QED) is 0.572. The van der Waals surface area contributed by atoms with Gasteiger partial charge in [-0.1, -0.05) is 30.3 Å². The number of nitrogens with two attached hydrogens (primary N) is 1. The first-order valence-corrected chi connectivity index (χ1v) is 7.65. The molecule has 9 heteroatoms. The summed E-state index contributed by atoms with van der Waals surface area (Å²) in [4.78, 5) is 49.0. The molecule has 26 heavy (non-hydrogen) atoms. The summed E-state index contributed by atoms with van der Waals surface area (Å²) >= 11 is 0. The van der Waals surface area contributed by atoms with Crippen molar-refractivity contribution in [2.75, 3.05) is 17.7 Å². The number of ketones is 1. The SMILES string of the molecule is Cn1c(N)c(NC2=C(C(=O)c3ccccc3)COC2=O)c(=O)n(C)c1=O. The van der Waals surface area contributed by atoms with Gasteiger partial charge in [0.1, 0.15) is 23.8 Å². The molecular formula is C17H16N4O5. The number of hydrogen-bond acceptors (Lipinski definition) is 7. The number of carbonyl (C=O) groups is 2. The van der Waals surface area contributed by atoms with E-state index in [9.17, 15) is 19.2 Å². The summed E-state index contributed by atoms with van der Waals surface area (Å²) < 4.78 is 6.85. The molecule has 0 fully saturated rings. The number of esters is 1. The van der Waals surface area contributed by atoms with Crippen LogP contribution in [0.1, 0.15) is 10.4 Å². The first-order chi connectivity index (χ1) is 12.3. The normalized spacial score (nSPS) is 13.7. The zero-order valence-electron chi connectivity index (χ0n) is 14.1. The molecule has 3 rings (SSSR count). The van der Waals surface area contributed by atoms with E-state index in [1.165, 1.54) is 14.1 Å². The molecule has 3 N–H and O–H groups in total. The first-order valence-electron chi connectivity index (χ1n) is 7.65. The summed E-state index contributed by atoms with van der Waals surface area (Å²) in [5.74, 6) is -1.34. The second-order valence-corrected chi connectivity index (χ2v) is 5.72. The zero-order chi connectivity index (χ0) is 19.0. The molecule has 2 heterocycles. The second-order valence-electron chi connectivity index (χ2n) is 5.72. The third-order valence-corrected chi connectivity index (χ3v) is 4.12. The average molecular weight is 356 g/mol. The van der Waals surface area contributed by atoms with Gasteiger partial charge in [0.15, 0.2) is 5.78 Å². The summed E-state index contributed by atoms with van der Waals surface area (Å²) in [5, 5.41) is 2.60. The van der Waals surface area contributed by atoms with Crippen molar-refractivity contribution in [3.63, 3.8) is 0 Å². The molecule has 0 amide bonds. The summed E-state index contributed by atoms with van der Waals surface area (Å²) in [6.07, 6.45) is 0. The van der Waals surface area contributed by atoms with Crippen LogP contribution < -0.4 is 22.3 Å². The van der Waals surface area contributed by atoms with E-state index in [2.05, 4.69) is 5.32 Å². The number of nitrogen functional groups attached to an aromatic ring is 1. The number of cyclic esters (lactones) is 1. The number of anilines is 2. The van der Waals surface area contributed by atoms with E-state index in [0.29, 0.717) is 5.56 Å². The molecule has 2 aromatic rings. The number of nitrogens with zero attached hydrogens (tertiary/aromatic N) is 2. The van der Waals surface area contributed by atoms with E-state index in [4.69, 9.17) is 10.5 Å². The highest BCUT2D eigenvalue weighted by molar-refractivity contribution is 6.15. The highest BCUT2D eigenvalue weighted by Crippen LogP contribution is 2.23. The Kier molecular flexibility index (Phi) is 4.21. The van der Waals surface area contributed by atoms with Gasteiger partial charge in [-0.15, -0.1) is 0 Å². The van der Waals surface area contributed by atoms with Gasteiger partial charge in [-0.05, 0) is 0 Å². The Balaban J connectivity index is 2.11. The number of Topliss-reactive ketones (excluding diaryl/α,β-unsaturated/α-hetero) is 1. The number of nitrogens with one attached hydrogen (secondary N) is 1. The number of carbonyl (C=O) groups excluding carboxylic acids is 2. The molecule has 9 nitrogen and oxygen atoms in total. The maximum atomic E-state index is 12.7. The molecule has 134 valence electrons. The Bertz CT molecular complexity index is 1060. The molecule has 0 spiro atoms. The molecule has 0 saturated heterocycles. The van der Waals surface area contributed by atoms with Crippen molar-refractivity contribution >= 4 is 23.3 Å². The maximum Gasteiger partial charge on any atom is 0.355 e. The van der Waals surface area contributed by atoms with Crippen molar-refractivity contribution in [1.29, 1.82) is 0 Å². The van der Waals surface area contributed by atoms with Gasteiger partial charge in [-0.25, -0.2) is 9.59 Å². The largest absolute Gasteiger partial charge is 0.456 e. The Morgan fingerprint density at radius 3 is 2.42 bits per heavy atom. The van der Waals surface area contributed by atoms with Gasteiger partial charge >= 0.3 is 11.7 Å². The van der Waals surface area contributed by atoms with E-state index in [-0.39, 0.29) is 29.4 Å². The van der Waals surface area contributed by atoms with Crippen LogP contribution >= 0.6 is 0 Å². The van der Waals surface area contributed by atoms with Crippen molar-refractivity contribution in [3.8, 4) is 0 Å². The highest BCUT2D eigenvalue weighted by Gasteiger charge is 2.31. The molecule has 1 aliphatic rings. The lowest BCUT2D eigenvalue weighted by atomic mass is 10.0. The predicted molar refractivity (Wildman–Crippen MR) is 93.7 cm³/mol. The molecule has 1 aromatic heterocycles. The number of benzene rings is 1. The average Bonchev–Trinajstić information content (AvgIpc) is 3.02. The first kappa shape index (κ1) is 17.2. The smallest absolute Gasteiger partial charge is 0.355 e. The fraction of sp³-hybridized carbons (Fsp3) is 0.176. The molecule has 1 aromatic carbocycles. The lowest BCUT2D eigenvalue weighted by Gasteiger charge is -2.13. The lowest BCUT2D eigenvalue weighted by molar-refractivity contribution is -0.135. The van der Waals surface area contributed by atoms with Gasteiger partial charge in [-0.2, -0.15) is 0 Å². The fourth-order valence-electron chi connectivity index (χ4n) is 2.58. The minimum Gasteiger partial charge on any atom is -0.456 e. The lowest BCUT2D eigenvalue weighted by Crippen LogP contribution is -2.39. The van der Waals surface area contributed by atoms with Crippen molar-refractivity contribution in [2.45, 2.75) is 0 Å². The van der Waals surface area contributed by atoms with Crippen LogP contribution in [0.4, 0.5) is 11.5 Å². The maximum absolute atomic E-state index is 12.7. The minimum atomic E-state index is -0.778. The van der Waals surface area contributed by atoms with Crippen LogP contribution in [-0.2, 0) is 23.6 Å². The van der Waals surface area contributed by atoms with Gasteiger partial charge in [0, 0.05) is 19.7 Å². The second kappa shape index (κ2) is 6.36. The van der Waals surface area contributed by atoms with Gasteiger partial charge in [0.2, 0.25) is 0 Å². The topological polar surface area (TPSA) is 125 Å². The van der Waals surface area contributed by atoms with E-state index in [1.807, 2.05) is 0 Å². The molecule has 0 saturated carbocycles. The molecule has 0 unspecified atom stereocenters. The third kappa shape index (κ3) is 2.69. The summed E-state index contributed by atoms with van der Waals surface area (Å²) in [7, 11) is 2.67. The van der Waals surface area contributed by atoms with E-state index < -0.39 is 23.0 Å². The van der Waals surface area contributed by atoms with Gasteiger partial charge in [0.25, 0.3) is 5.56 Å². The minimum absolute atomic E-state index is 0.0801. The third-order valence-electron chi connectivity index (χ3n) is 4.12. The predicted octanol–water partition coefficient (Wildman–Crippen LogP) is -0.228. The molecule has 0 atom stereocenters. The molecule has 0 radical (unpaired) electrons. The van der Waals surface area contributed by atoms with Crippen LogP contribution in [0.3, 0.4) is 0 Å². The Morgan fingerprint density at radius 2 is 1.77 bits per heavy atom.